The molecule has 2 aromatic rings. The molecule has 0 radical (unpaired) electrons. The number of carbonyl (C=O) groups is 1. The Kier molecular flexibility index (Phi) is 7.36. The van der Waals surface area contributed by atoms with Crippen molar-refractivity contribution in [2.75, 3.05) is 18.1 Å². The summed E-state index contributed by atoms with van der Waals surface area (Å²) < 4.78 is 12.0. The third-order valence-corrected chi connectivity index (χ3v) is 5.77. The minimum atomic E-state index is -0.953. The molecule has 0 fully saturated rings. The predicted octanol–water partition coefficient (Wildman–Crippen LogP) is 3.15. The number of carbonyl (C=O) groups excluding carboxylic acids is 1. The quantitative estimate of drug-likeness (QED) is 0.746. The molecule has 0 unspecified atom stereocenters. The summed E-state index contributed by atoms with van der Waals surface area (Å²) in [7, 11) is -0.953. The van der Waals surface area contributed by atoms with Crippen LogP contribution < -0.4 is 5.32 Å². The van der Waals surface area contributed by atoms with Gasteiger partial charge in [0.2, 0.25) is 5.91 Å². The van der Waals surface area contributed by atoms with Crippen molar-refractivity contribution in [2.45, 2.75) is 17.6 Å². The van der Waals surface area contributed by atoms with E-state index >= 15 is 0 Å². The van der Waals surface area contributed by atoms with Gasteiger partial charge < -0.3 is 5.32 Å². The number of nitrogens with one attached hydrogen (secondary N) is 1. The fraction of sp³-hybridized carbons (Fsp3) is 0.278. The molecule has 0 spiro atoms. The summed E-state index contributed by atoms with van der Waals surface area (Å²) in [4.78, 5) is 13.0. The summed E-state index contributed by atoms with van der Waals surface area (Å²) in [6.07, 6.45) is 0. The lowest BCUT2D eigenvalue weighted by molar-refractivity contribution is -0.118. The maximum absolute atomic E-state index is 12.0. The van der Waals surface area contributed by atoms with Crippen LogP contribution in [0.25, 0.3) is 0 Å². The SMILES string of the molecule is Cc1ccccc1SCC(=O)NCC[S@@](=O)Cc1ccccc1. The molecular weight excluding hydrogens is 326 g/mol. The van der Waals surface area contributed by atoms with Crippen molar-refractivity contribution < 1.29 is 9.00 Å². The largest absolute Gasteiger partial charge is 0.354 e. The average molecular weight is 348 g/mol. The molecule has 122 valence electrons. The van der Waals surface area contributed by atoms with E-state index in [-0.39, 0.29) is 5.91 Å². The summed E-state index contributed by atoms with van der Waals surface area (Å²) in [6, 6.07) is 17.8. The number of amides is 1. The van der Waals surface area contributed by atoms with Crippen molar-refractivity contribution in [3.63, 3.8) is 0 Å². The minimum Gasteiger partial charge on any atom is -0.354 e. The standard InChI is InChI=1S/C18H21NO2S2/c1-15-7-5-6-10-17(15)22-13-18(20)19-11-12-23(21)14-16-8-3-2-4-9-16/h2-10H,11-14H2,1H3,(H,19,20)/t23-/m1/s1. The lowest BCUT2D eigenvalue weighted by Gasteiger charge is -2.07. The molecule has 1 atom stereocenters. The molecule has 3 nitrogen and oxygen atoms in total. The van der Waals surface area contributed by atoms with Crippen molar-refractivity contribution in [2.24, 2.45) is 0 Å². The van der Waals surface area contributed by atoms with E-state index in [1.165, 1.54) is 17.3 Å². The smallest absolute Gasteiger partial charge is 0.230 e. The topological polar surface area (TPSA) is 46.2 Å². The molecule has 0 saturated heterocycles. The van der Waals surface area contributed by atoms with Crippen LogP contribution >= 0.6 is 11.8 Å². The first-order chi connectivity index (χ1) is 11.1. The first-order valence-electron chi connectivity index (χ1n) is 7.49. The highest BCUT2D eigenvalue weighted by atomic mass is 32.2. The van der Waals surface area contributed by atoms with Crippen LogP contribution in [0.5, 0.6) is 0 Å². The maximum Gasteiger partial charge on any atom is 0.230 e. The maximum atomic E-state index is 12.0. The Morgan fingerprint density at radius 1 is 1.09 bits per heavy atom. The fourth-order valence-corrected chi connectivity index (χ4v) is 3.95. The molecule has 2 rings (SSSR count). The second kappa shape index (κ2) is 9.53. The molecule has 0 heterocycles. The van der Waals surface area contributed by atoms with Gasteiger partial charge in [-0.3, -0.25) is 9.00 Å². The lowest BCUT2D eigenvalue weighted by Crippen LogP contribution is -2.29. The molecule has 0 aliphatic heterocycles. The third kappa shape index (κ3) is 6.59. The van der Waals surface area contributed by atoms with E-state index in [0.717, 1.165) is 10.5 Å². The van der Waals surface area contributed by atoms with Crippen LogP contribution in [0, 0.1) is 6.92 Å². The fourth-order valence-electron chi connectivity index (χ4n) is 2.05. The van der Waals surface area contributed by atoms with E-state index in [4.69, 9.17) is 0 Å². The monoisotopic (exact) mass is 347 g/mol. The van der Waals surface area contributed by atoms with Gasteiger partial charge in [0.15, 0.2) is 0 Å². The molecular formula is C18H21NO2S2. The molecule has 5 heteroatoms. The molecule has 1 N–H and O–H groups in total. The second-order valence-electron chi connectivity index (χ2n) is 5.18. The number of aryl methyl sites for hydroxylation is 1. The predicted molar refractivity (Wildman–Crippen MR) is 98.1 cm³/mol. The van der Waals surface area contributed by atoms with E-state index < -0.39 is 10.8 Å². The summed E-state index contributed by atoms with van der Waals surface area (Å²) >= 11 is 1.53. The van der Waals surface area contributed by atoms with Gasteiger partial charge in [0.25, 0.3) is 0 Å². The Balaban J connectivity index is 1.65. The first-order valence-corrected chi connectivity index (χ1v) is 9.96. The van der Waals surface area contributed by atoms with Crippen LogP contribution in [0.15, 0.2) is 59.5 Å². The van der Waals surface area contributed by atoms with Crippen molar-refractivity contribution >= 4 is 28.5 Å². The minimum absolute atomic E-state index is 0.0186. The Labute approximate surface area is 144 Å². The van der Waals surface area contributed by atoms with E-state index in [9.17, 15) is 9.00 Å². The van der Waals surface area contributed by atoms with Crippen LogP contribution in [0.2, 0.25) is 0 Å². The van der Waals surface area contributed by atoms with Crippen molar-refractivity contribution in [1.82, 2.24) is 5.32 Å². The van der Waals surface area contributed by atoms with Crippen LogP contribution in [-0.2, 0) is 21.3 Å². The van der Waals surface area contributed by atoms with Crippen molar-refractivity contribution in [1.29, 1.82) is 0 Å². The number of rotatable bonds is 8. The lowest BCUT2D eigenvalue weighted by atomic mass is 10.2. The molecule has 23 heavy (non-hydrogen) atoms. The molecule has 0 aromatic heterocycles. The average Bonchev–Trinajstić information content (AvgIpc) is 2.55. The molecule has 0 aliphatic carbocycles. The van der Waals surface area contributed by atoms with E-state index in [1.807, 2.05) is 61.5 Å². The molecule has 0 saturated carbocycles. The van der Waals surface area contributed by atoms with Crippen LogP contribution in [-0.4, -0.2) is 28.2 Å². The van der Waals surface area contributed by atoms with Crippen LogP contribution in [0.4, 0.5) is 0 Å². The summed E-state index contributed by atoms with van der Waals surface area (Å²) in [5.74, 6) is 1.38. The van der Waals surface area contributed by atoms with Gasteiger partial charge in [0.1, 0.15) is 0 Å². The first kappa shape index (κ1) is 17.8. The van der Waals surface area contributed by atoms with Gasteiger partial charge in [-0.05, 0) is 24.1 Å². The summed E-state index contributed by atoms with van der Waals surface area (Å²) in [5.41, 5.74) is 2.24. The number of hydrogen-bond donors (Lipinski definition) is 1. The van der Waals surface area contributed by atoms with Gasteiger partial charge in [0.05, 0.1) is 5.75 Å². The Bertz CT molecular complexity index is 659. The van der Waals surface area contributed by atoms with E-state index in [0.29, 0.717) is 23.8 Å². The van der Waals surface area contributed by atoms with Gasteiger partial charge in [-0.1, -0.05) is 48.5 Å². The van der Waals surface area contributed by atoms with Gasteiger partial charge in [-0.2, -0.15) is 0 Å². The Morgan fingerprint density at radius 2 is 1.78 bits per heavy atom. The van der Waals surface area contributed by atoms with Crippen LogP contribution in [0.3, 0.4) is 0 Å². The number of hydrogen-bond acceptors (Lipinski definition) is 3. The zero-order valence-electron chi connectivity index (χ0n) is 13.2. The molecule has 0 bridgehead atoms. The zero-order valence-corrected chi connectivity index (χ0v) is 14.8. The van der Waals surface area contributed by atoms with E-state index in [1.54, 1.807) is 0 Å². The van der Waals surface area contributed by atoms with Gasteiger partial charge in [-0.15, -0.1) is 11.8 Å². The normalized spacial score (nSPS) is 11.9. The highest BCUT2D eigenvalue weighted by molar-refractivity contribution is 8.00. The number of thioether (sulfide) groups is 1. The van der Waals surface area contributed by atoms with Gasteiger partial charge in [0, 0.05) is 33.7 Å². The second-order valence-corrected chi connectivity index (χ2v) is 7.77. The molecule has 1 amide bonds. The Morgan fingerprint density at radius 3 is 2.52 bits per heavy atom. The summed E-state index contributed by atoms with van der Waals surface area (Å²) in [5, 5.41) is 2.84. The van der Waals surface area contributed by atoms with Crippen LogP contribution in [0.1, 0.15) is 11.1 Å². The highest BCUT2D eigenvalue weighted by Crippen LogP contribution is 2.21. The van der Waals surface area contributed by atoms with Gasteiger partial charge >= 0.3 is 0 Å². The number of benzene rings is 2. The van der Waals surface area contributed by atoms with E-state index in [2.05, 4.69) is 5.32 Å². The zero-order chi connectivity index (χ0) is 16.5. The van der Waals surface area contributed by atoms with Gasteiger partial charge in [-0.25, -0.2) is 0 Å². The molecule has 0 aliphatic rings. The summed E-state index contributed by atoms with van der Waals surface area (Å²) in [6.45, 7) is 2.49. The third-order valence-electron chi connectivity index (χ3n) is 3.27. The Hall–Kier alpha value is -1.59. The highest BCUT2D eigenvalue weighted by Gasteiger charge is 2.06. The molecule has 2 aromatic carbocycles. The van der Waals surface area contributed by atoms with Crippen molar-refractivity contribution in [3.05, 3.63) is 65.7 Å². The van der Waals surface area contributed by atoms with Crippen molar-refractivity contribution in [3.8, 4) is 0 Å².